The summed E-state index contributed by atoms with van der Waals surface area (Å²) in [5, 5.41) is 6.50. The lowest BCUT2D eigenvalue weighted by Gasteiger charge is -2.35. The van der Waals surface area contributed by atoms with Crippen LogP contribution in [0.25, 0.3) is 0 Å². The van der Waals surface area contributed by atoms with E-state index in [1.54, 1.807) is 7.05 Å². The molecule has 0 radical (unpaired) electrons. The van der Waals surface area contributed by atoms with Crippen LogP contribution < -0.4 is 10.6 Å². The summed E-state index contributed by atoms with van der Waals surface area (Å²) in [5.41, 5.74) is 0.103. The number of hydrogen-bond acceptors (Lipinski definition) is 3. The zero-order valence-corrected chi connectivity index (χ0v) is 19.3. The molecule has 0 aromatic heterocycles. The first-order valence-electron chi connectivity index (χ1n) is 9.70. The van der Waals surface area contributed by atoms with Gasteiger partial charge in [0.25, 0.3) is 0 Å². The van der Waals surface area contributed by atoms with Crippen molar-refractivity contribution in [1.29, 1.82) is 0 Å². The van der Waals surface area contributed by atoms with Gasteiger partial charge in [0.1, 0.15) is 11.6 Å². The Kier molecular flexibility index (Phi) is 11.9. The second kappa shape index (κ2) is 13.3. The van der Waals surface area contributed by atoms with Crippen LogP contribution in [0.1, 0.15) is 25.8 Å². The van der Waals surface area contributed by atoms with E-state index in [0.29, 0.717) is 24.5 Å². The molecule has 1 aliphatic heterocycles. The van der Waals surface area contributed by atoms with E-state index < -0.39 is 11.6 Å². The summed E-state index contributed by atoms with van der Waals surface area (Å²) in [4.78, 5) is 6.68. The van der Waals surface area contributed by atoms with Gasteiger partial charge >= 0.3 is 0 Å². The van der Waals surface area contributed by atoms with Crippen molar-refractivity contribution in [2.45, 2.75) is 32.7 Å². The highest BCUT2D eigenvalue weighted by atomic mass is 127. The second-order valence-corrected chi connectivity index (χ2v) is 7.26. The Bertz CT molecular complexity index is 590. The summed E-state index contributed by atoms with van der Waals surface area (Å²) in [6, 6.07) is 4.34. The summed E-state index contributed by atoms with van der Waals surface area (Å²) in [7, 11) is 1.70. The van der Waals surface area contributed by atoms with E-state index in [0.717, 1.165) is 39.3 Å². The van der Waals surface area contributed by atoms with E-state index in [-0.39, 0.29) is 36.0 Å². The molecule has 1 aromatic rings. The van der Waals surface area contributed by atoms with E-state index >= 15 is 0 Å². The van der Waals surface area contributed by atoms with E-state index in [4.69, 9.17) is 4.74 Å². The summed E-state index contributed by atoms with van der Waals surface area (Å²) >= 11 is 0. The largest absolute Gasteiger partial charge is 0.379 e. The number of benzene rings is 1. The summed E-state index contributed by atoms with van der Waals surface area (Å²) in [6.45, 7) is 9.06. The molecule has 1 fully saturated rings. The monoisotopic (exact) mass is 510 g/mol. The molecule has 0 spiro atoms. The van der Waals surface area contributed by atoms with Crippen LogP contribution >= 0.6 is 24.0 Å². The lowest BCUT2D eigenvalue weighted by molar-refractivity contribution is 0.0132. The molecule has 0 amide bonds. The fraction of sp³-hybridized carbons (Fsp3) is 0.650. The van der Waals surface area contributed by atoms with Crippen LogP contribution in [0.4, 0.5) is 8.78 Å². The minimum atomic E-state index is -0.510. The Balaban J connectivity index is 0.00000392. The van der Waals surface area contributed by atoms with E-state index in [1.807, 2.05) is 0 Å². The zero-order chi connectivity index (χ0) is 19.6. The van der Waals surface area contributed by atoms with Crippen LogP contribution in [0, 0.1) is 17.6 Å². The van der Waals surface area contributed by atoms with Gasteiger partial charge in [-0.1, -0.05) is 19.9 Å². The molecular formula is C20H33F2IN4O. The lowest BCUT2D eigenvalue weighted by Crippen LogP contribution is -2.51. The molecule has 1 heterocycles. The van der Waals surface area contributed by atoms with Crippen molar-refractivity contribution in [3.05, 3.63) is 35.4 Å². The van der Waals surface area contributed by atoms with E-state index in [2.05, 4.69) is 34.4 Å². The van der Waals surface area contributed by atoms with Gasteiger partial charge in [0.2, 0.25) is 0 Å². The van der Waals surface area contributed by atoms with Crippen molar-refractivity contribution < 1.29 is 13.5 Å². The Morgan fingerprint density at radius 3 is 2.39 bits per heavy atom. The molecule has 1 saturated heterocycles. The maximum Gasteiger partial charge on any atom is 0.191 e. The van der Waals surface area contributed by atoms with Gasteiger partial charge in [0.05, 0.1) is 13.2 Å². The van der Waals surface area contributed by atoms with Gasteiger partial charge in [0, 0.05) is 44.8 Å². The van der Waals surface area contributed by atoms with Crippen molar-refractivity contribution >= 4 is 29.9 Å². The molecular weight excluding hydrogens is 477 g/mol. The standard InChI is InChI=1S/C20H32F2N4O.HI/c1-15(2)13-16(26-9-11-27-12-10-26)14-25-20(23-3)24-8-7-17-18(21)5-4-6-19(17)22;/h4-6,15-16H,7-14H2,1-3H3,(H2,23,24,25);1H. The van der Waals surface area contributed by atoms with Crippen LogP contribution in [0.5, 0.6) is 0 Å². The van der Waals surface area contributed by atoms with Crippen molar-refractivity contribution in [2.24, 2.45) is 10.9 Å². The van der Waals surface area contributed by atoms with Gasteiger partial charge < -0.3 is 15.4 Å². The number of hydrogen-bond donors (Lipinski definition) is 2. The van der Waals surface area contributed by atoms with Gasteiger partial charge in [-0.3, -0.25) is 9.89 Å². The van der Waals surface area contributed by atoms with Crippen molar-refractivity contribution in [3.63, 3.8) is 0 Å². The SMILES string of the molecule is CN=C(NCCc1c(F)cccc1F)NCC(CC(C)C)N1CCOCC1.I. The minimum absolute atomic E-state index is 0. The average Bonchev–Trinajstić information content (AvgIpc) is 2.66. The molecule has 2 rings (SSSR count). The van der Waals surface area contributed by atoms with Gasteiger partial charge in [-0.05, 0) is 30.9 Å². The second-order valence-electron chi connectivity index (χ2n) is 7.26. The lowest BCUT2D eigenvalue weighted by atomic mass is 10.0. The van der Waals surface area contributed by atoms with Gasteiger partial charge in [0.15, 0.2) is 5.96 Å². The topological polar surface area (TPSA) is 48.9 Å². The molecule has 2 N–H and O–H groups in total. The smallest absolute Gasteiger partial charge is 0.191 e. The third-order valence-electron chi connectivity index (χ3n) is 4.76. The van der Waals surface area contributed by atoms with Gasteiger partial charge in [-0.15, -0.1) is 24.0 Å². The van der Waals surface area contributed by atoms with E-state index in [1.165, 1.54) is 18.2 Å². The van der Waals surface area contributed by atoms with Crippen molar-refractivity contribution in [1.82, 2.24) is 15.5 Å². The third-order valence-corrected chi connectivity index (χ3v) is 4.76. The van der Waals surface area contributed by atoms with Crippen LogP contribution in [-0.2, 0) is 11.2 Å². The van der Waals surface area contributed by atoms with Crippen LogP contribution in [-0.4, -0.2) is 63.3 Å². The van der Waals surface area contributed by atoms with Crippen LogP contribution in [0.2, 0.25) is 0 Å². The number of rotatable bonds is 8. The van der Waals surface area contributed by atoms with Gasteiger partial charge in [-0.2, -0.15) is 0 Å². The highest BCUT2D eigenvalue weighted by Crippen LogP contribution is 2.13. The average molecular weight is 510 g/mol. The van der Waals surface area contributed by atoms with E-state index in [9.17, 15) is 8.78 Å². The molecule has 0 aliphatic carbocycles. The minimum Gasteiger partial charge on any atom is -0.379 e. The molecule has 160 valence electrons. The molecule has 1 aliphatic rings. The molecule has 1 aromatic carbocycles. The first-order valence-corrected chi connectivity index (χ1v) is 9.70. The number of ether oxygens (including phenoxy) is 1. The Morgan fingerprint density at radius 1 is 1.18 bits per heavy atom. The predicted octanol–water partition coefficient (Wildman–Crippen LogP) is 3.04. The van der Waals surface area contributed by atoms with Crippen molar-refractivity contribution in [3.8, 4) is 0 Å². The molecule has 0 bridgehead atoms. The molecule has 1 atom stereocenters. The number of halogens is 3. The summed E-state index contributed by atoms with van der Waals surface area (Å²) in [6.07, 6.45) is 1.35. The number of morpholine rings is 1. The summed E-state index contributed by atoms with van der Waals surface area (Å²) < 4.78 is 32.9. The Morgan fingerprint density at radius 2 is 1.82 bits per heavy atom. The number of nitrogens with zero attached hydrogens (tertiary/aromatic N) is 2. The molecule has 1 unspecified atom stereocenters. The normalized spacial score (nSPS) is 16.6. The third kappa shape index (κ3) is 8.16. The molecule has 8 heteroatoms. The zero-order valence-electron chi connectivity index (χ0n) is 17.0. The van der Waals surface area contributed by atoms with Crippen LogP contribution in [0.3, 0.4) is 0 Å². The summed E-state index contributed by atoms with van der Waals surface area (Å²) in [5.74, 6) is 0.223. The van der Waals surface area contributed by atoms with Crippen molar-refractivity contribution in [2.75, 3.05) is 46.4 Å². The number of guanidine groups is 1. The van der Waals surface area contributed by atoms with Crippen LogP contribution in [0.15, 0.2) is 23.2 Å². The maximum atomic E-state index is 13.7. The molecule has 5 nitrogen and oxygen atoms in total. The number of nitrogens with one attached hydrogen (secondary N) is 2. The highest BCUT2D eigenvalue weighted by molar-refractivity contribution is 14.0. The Hall–Kier alpha value is -1.00. The van der Waals surface area contributed by atoms with Gasteiger partial charge in [-0.25, -0.2) is 8.78 Å². The predicted molar refractivity (Wildman–Crippen MR) is 120 cm³/mol. The fourth-order valence-electron chi connectivity index (χ4n) is 3.36. The Labute approximate surface area is 184 Å². The molecule has 0 saturated carbocycles. The maximum absolute atomic E-state index is 13.7. The fourth-order valence-corrected chi connectivity index (χ4v) is 3.36. The first-order chi connectivity index (χ1) is 13.0. The number of aliphatic imine (C=N–C) groups is 1. The highest BCUT2D eigenvalue weighted by Gasteiger charge is 2.22. The quantitative estimate of drug-likeness (QED) is 0.321. The molecule has 28 heavy (non-hydrogen) atoms. The first kappa shape index (κ1) is 25.0.